The molecular weight excluding hydrogens is 1580 g/mol. The van der Waals surface area contributed by atoms with Crippen LogP contribution in [-0.4, -0.2) is 157 Å². The van der Waals surface area contributed by atoms with Crippen LogP contribution in [0.4, 0.5) is 10.6 Å². The standard InChI is InChI=1S/C22H24BrN5O3.C17H25BrN2O3.C12H17BrN2O.C10H9N3O3.C7H14O2.C5H5BrN2/c1-13(2)21(17(29)11-14-7-6-10-18(23)25-14)27(3)19(30)12-28-16-9-5-4-8-15(16)20(26-28)22(24)31;1-11(2)15(20(6)16(22)23-17(3,4)5)13(21)10-12-8-7-9-14(18)19-12;1-8(2)12(14-3)10(16)7-9-5-4-6-11(13)15-9;11-10(16)9-6-3-1-2-4-7(6)13(12-9)5-8(14)15;1-4-6(5(2)3)7(8)9;6-4-2-1-3-5(7)8-4/h4-10,13,21H,11-12H2,1-3H3,(H2,24,31);7-9,11,15H,10H2,1-6H3;4-6,8,12,14H,7H2,1-3H3;1-4H,5H2,(H2,11,16)(H,14,15);5-6H,4H2,1-3H3,(H,8,9);1-3H,(H2,7,8)/t21-;15-;12-;;6-;/m000.0./s1. The number of carboxylic acid groups (broad SMARTS) is 2. The van der Waals surface area contributed by atoms with E-state index in [-0.39, 0.29) is 90.3 Å². The Morgan fingerprint density at radius 2 is 0.903 bits per heavy atom. The van der Waals surface area contributed by atoms with E-state index in [0.29, 0.717) is 60.6 Å². The number of amides is 4. The molecule has 2 aromatic carbocycles. The van der Waals surface area contributed by atoms with Crippen LogP contribution in [0.3, 0.4) is 0 Å². The van der Waals surface area contributed by atoms with E-state index >= 15 is 0 Å². The number of nitrogen functional groups attached to an aromatic ring is 1. The van der Waals surface area contributed by atoms with Crippen molar-refractivity contribution in [3.05, 3.63) is 168 Å². The third kappa shape index (κ3) is 29.5. The number of carbonyl (C=O) groups excluding carboxylic acids is 7. The van der Waals surface area contributed by atoms with Crippen molar-refractivity contribution in [3.63, 3.8) is 0 Å². The summed E-state index contributed by atoms with van der Waals surface area (Å²) in [5.41, 5.74) is 18.8. The fourth-order valence-electron chi connectivity index (χ4n) is 10.6. The Labute approximate surface area is 634 Å². The molecule has 0 radical (unpaired) electrons. The number of anilines is 1. The molecule has 9 N–H and O–H groups in total. The van der Waals surface area contributed by atoms with E-state index in [1.54, 1.807) is 114 Å². The Kier molecular flexibility index (Phi) is 36.8. The van der Waals surface area contributed by atoms with Gasteiger partial charge in [0.2, 0.25) is 5.91 Å². The highest BCUT2D eigenvalue weighted by Crippen LogP contribution is 2.23. The summed E-state index contributed by atoms with van der Waals surface area (Å²) in [6, 6.07) is 34.5. The summed E-state index contributed by atoms with van der Waals surface area (Å²) in [7, 11) is 5.03. The molecule has 4 amide bonds. The minimum atomic E-state index is -1.02. The fourth-order valence-corrected chi connectivity index (χ4v) is 12.1. The Balaban J connectivity index is 0.000000340. The average Bonchev–Trinajstić information content (AvgIpc) is 1.68. The number of ketones is 3. The number of carbonyl (C=O) groups is 9. The summed E-state index contributed by atoms with van der Waals surface area (Å²) in [6.07, 6.45) is 0.911. The number of ether oxygens (including phenoxy) is 1. The van der Waals surface area contributed by atoms with Crippen LogP contribution in [-0.2, 0) is 65.9 Å². The van der Waals surface area contributed by atoms with Gasteiger partial charge in [-0.25, -0.2) is 24.7 Å². The summed E-state index contributed by atoms with van der Waals surface area (Å²) in [5, 5.41) is 29.6. The number of nitrogens with one attached hydrogen (secondary N) is 1. The Bertz CT molecular complexity index is 4160. The van der Waals surface area contributed by atoms with E-state index in [9.17, 15) is 43.2 Å². The molecule has 0 fully saturated rings. The molecule has 556 valence electrons. The van der Waals surface area contributed by atoms with E-state index < -0.39 is 47.5 Å². The van der Waals surface area contributed by atoms with Crippen LogP contribution >= 0.6 is 63.7 Å². The van der Waals surface area contributed by atoms with Gasteiger partial charge in [-0.15, -0.1) is 0 Å². The van der Waals surface area contributed by atoms with Gasteiger partial charge in [0.15, 0.2) is 28.7 Å². The van der Waals surface area contributed by atoms with Gasteiger partial charge in [-0.3, -0.25) is 47.7 Å². The Hall–Kier alpha value is -8.71. The number of pyridine rings is 4. The summed E-state index contributed by atoms with van der Waals surface area (Å²) in [6.45, 7) is 22.5. The number of halogens is 4. The molecule has 0 aliphatic heterocycles. The molecule has 0 aliphatic rings. The maximum Gasteiger partial charge on any atom is 0.410 e. The normalized spacial score (nSPS) is 12.1. The molecule has 0 bridgehead atoms. The third-order valence-corrected chi connectivity index (χ3v) is 17.0. The summed E-state index contributed by atoms with van der Waals surface area (Å²) >= 11 is 13.1. The van der Waals surface area contributed by atoms with E-state index in [1.165, 1.54) is 19.2 Å². The number of nitrogens with zero attached hydrogens (tertiary/aromatic N) is 10. The van der Waals surface area contributed by atoms with E-state index in [2.05, 4.69) is 99.2 Å². The minimum Gasteiger partial charge on any atom is -0.481 e. The number of para-hydroxylation sites is 2. The predicted molar refractivity (Wildman–Crippen MR) is 410 cm³/mol. The lowest BCUT2D eigenvalue weighted by Crippen LogP contribution is -2.48. The van der Waals surface area contributed by atoms with E-state index in [4.69, 9.17) is 32.2 Å². The zero-order valence-electron chi connectivity index (χ0n) is 60.6. The molecule has 8 aromatic rings. The number of carboxylic acids is 2. The van der Waals surface area contributed by atoms with Crippen LogP contribution < -0.4 is 22.5 Å². The molecule has 0 saturated carbocycles. The number of aromatic nitrogens is 8. The minimum absolute atomic E-state index is 0.0211. The molecule has 30 heteroatoms. The molecule has 0 aliphatic carbocycles. The number of aliphatic carboxylic acids is 2. The second kappa shape index (κ2) is 42.8. The topological polar surface area (TPSA) is 387 Å². The molecule has 0 unspecified atom stereocenters. The first-order valence-electron chi connectivity index (χ1n) is 32.9. The number of fused-ring (bicyclic) bond motifs is 2. The van der Waals surface area contributed by atoms with Gasteiger partial charge in [-0.05, 0) is 182 Å². The number of primary amides is 2. The van der Waals surface area contributed by atoms with Crippen molar-refractivity contribution in [2.24, 2.45) is 41.1 Å². The fraction of sp³-hybridized carbons (Fsp3) is 0.411. The first-order valence-corrected chi connectivity index (χ1v) is 36.0. The summed E-state index contributed by atoms with van der Waals surface area (Å²) in [5.74, 6) is -2.47. The number of Topliss-reactive ketones (excluding diaryl/α,β-unsaturated/α-hetero) is 3. The van der Waals surface area contributed by atoms with Crippen molar-refractivity contribution >= 4 is 144 Å². The highest BCUT2D eigenvalue weighted by molar-refractivity contribution is 9.11. The van der Waals surface area contributed by atoms with Crippen LogP contribution in [0.2, 0.25) is 0 Å². The van der Waals surface area contributed by atoms with Gasteiger partial charge >= 0.3 is 18.0 Å². The molecule has 0 saturated heterocycles. The maximum atomic E-state index is 13.1. The maximum absolute atomic E-state index is 13.1. The first kappa shape index (κ1) is 88.5. The van der Waals surface area contributed by atoms with Gasteiger partial charge in [0, 0.05) is 41.9 Å². The lowest BCUT2D eigenvalue weighted by molar-refractivity contribution is -0.143. The molecule has 6 aromatic heterocycles. The SMILES string of the molecule is CC(C)[C@@H](C(=O)Cc1cccc(Br)n1)N(C)C(=O)Cn1nc(C(N)=O)c2ccccc21.CC(C)[C@@H](C(=O)Cc1cccc(Br)n1)N(C)C(=O)OC(C)(C)C.CC[C@H](C(=O)O)C(C)C.CN[C@H](C(=O)Cc1cccc(Br)n1)C(C)C.NC(=O)c1nn(CC(=O)O)c2ccccc12.Nc1cccc(Br)n1. The van der Waals surface area contributed by atoms with Crippen LogP contribution in [0.5, 0.6) is 0 Å². The van der Waals surface area contributed by atoms with Gasteiger partial charge in [0.05, 0.1) is 54.3 Å². The number of nitrogens with two attached hydrogens (primary N) is 3. The monoisotopic (exact) mass is 1670 g/mol. The largest absolute Gasteiger partial charge is 0.481 e. The number of hydrogen-bond acceptors (Lipinski definition) is 18. The molecule has 103 heavy (non-hydrogen) atoms. The smallest absolute Gasteiger partial charge is 0.410 e. The molecule has 8 rings (SSSR count). The van der Waals surface area contributed by atoms with Gasteiger partial charge < -0.3 is 47.3 Å². The van der Waals surface area contributed by atoms with Crippen LogP contribution in [0, 0.1) is 29.6 Å². The van der Waals surface area contributed by atoms with Crippen LogP contribution in [0.25, 0.3) is 21.8 Å². The van der Waals surface area contributed by atoms with E-state index in [1.807, 2.05) is 112 Å². The summed E-state index contributed by atoms with van der Waals surface area (Å²) < 4.78 is 10.9. The molecule has 6 heterocycles. The Morgan fingerprint density at radius 3 is 1.20 bits per heavy atom. The second-order valence-corrected chi connectivity index (χ2v) is 29.2. The number of rotatable bonds is 24. The summed E-state index contributed by atoms with van der Waals surface area (Å²) in [4.78, 5) is 126. The van der Waals surface area contributed by atoms with Crippen molar-refractivity contribution in [2.45, 2.75) is 146 Å². The second-order valence-electron chi connectivity index (χ2n) is 25.9. The van der Waals surface area contributed by atoms with Crippen molar-refractivity contribution < 1.29 is 58.1 Å². The van der Waals surface area contributed by atoms with Crippen molar-refractivity contribution in [3.8, 4) is 0 Å². The zero-order chi connectivity index (χ0) is 77.7. The predicted octanol–water partition coefficient (Wildman–Crippen LogP) is 12.0. The lowest BCUT2D eigenvalue weighted by atomic mass is 9.94. The lowest BCUT2D eigenvalue weighted by Gasteiger charge is -2.32. The molecular formula is C73H94Br4N14O12. The highest BCUT2D eigenvalue weighted by Gasteiger charge is 2.34. The van der Waals surface area contributed by atoms with Crippen molar-refractivity contribution in [1.29, 1.82) is 0 Å². The highest BCUT2D eigenvalue weighted by atomic mass is 79.9. The Morgan fingerprint density at radius 1 is 0.524 bits per heavy atom. The van der Waals surface area contributed by atoms with Gasteiger partial charge in [0.25, 0.3) is 11.8 Å². The first-order chi connectivity index (χ1) is 48.2. The van der Waals surface area contributed by atoms with Gasteiger partial charge in [0.1, 0.15) is 42.9 Å². The molecule has 26 nitrogen and oxygen atoms in total. The number of hydrogen-bond donors (Lipinski definition) is 6. The third-order valence-electron chi connectivity index (χ3n) is 15.2. The molecule has 4 atom stereocenters. The number of likely N-dealkylation sites (N-methyl/N-ethyl adjacent to an activating group) is 3. The quantitative estimate of drug-likeness (QED) is 0.0306. The van der Waals surface area contributed by atoms with Gasteiger partial charge in [-0.1, -0.05) is 123 Å². The number of benzene rings is 2. The van der Waals surface area contributed by atoms with Crippen molar-refractivity contribution in [2.75, 3.05) is 26.9 Å². The van der Waals surface area contributed by atoms with Crippen molar-refractivity contribution in [1.82, 2.24) is 54.6 Å². The average molecular weight is 1680 g/mol. The van der Waals surface area contributed by atoms with Gasteiger partial charge in [-0.2, -0.15) is 10.2 Å². The van der Waals surface area contributed by atoms with Crippen LogP contribution in [0.15, 0.2) is 140 Å². The van der Waals surface area contributed by atoms with E-state index in [0.717, 1.165) is 21.3 Å². The van der Waals surface area contributed by atoms with Crippen LogP contribution in [0.1, 0.15) is 128 Å². The molecule has 0 spiro atoms. The zero-order valence-corrected chi connectivity index (χ0v) is 66.9.